The lowest BCUT2D eigenvalue weighted by molar-refractivity contribution is 0.0569. The van der Waals surface area contributed by atoms with Crippen molar-refractivity contribution in [3.05, 3.63) is 30.3 Å². The minimum Gasteiger partial charge on any atom is -0.488 e. The lowest BCUT2D eigenvalue weighted by Crippen LogP contribution is -2.51. The van der Waals surface area contributed by atoms with E-state index in [0.717, 1.165) is 51.1 Å². The van der Waals surface area contributed by atoms with E-state index in [4.69, 9.17) is 9.47 Å². The Morgan fingerprint density at radius 1 is 1.17 bits per heavy atom. The second-order valence-corrected chi connectivity index (χ2v) is 6.86. The largest absolute Gasteiger partial charge is 0.488 e. The highest BCUT2D eigenvalue weighted by Gasteiger charge is 2.31. The van der Waals surface area contributed by atoms with E-state index in [1.165, 1.54) is 0 Å². The zero-order valence-corrected chi connectivity index (χ0v) is 14.4. The van der Waals surface area contributed by atoms with Crippen molar-refractivity contribution in [2.45, 2.75) is 57.2 Å². The van der Waals surface area contributed by atoms with Gasteiger partial charge in [0.05, 0.1) is 6.04 Å². The fraction of sp³-hybridized carbons (Fsp3) is 0.632. The molecule has 0 spiro atoms. The Kier molecular flexibility index (Phi) is 5.96. The SMILES string of the molecule is C[C@H](NC(=O)N[C@@H]1CCC[C@@H]1Oc1ccccc1)C1CCOCC1. The second kappa shape index (κ2) is 8.38. The Labute approximate surface area is 144 Å². The van der Waals surface area contributed by atoms with Crippen molar-refractivity contribution < 1.29 is 14.3 Å². The first kappa shape index (κ1) is 17.1. The average Bonchev–Trinajstić information content (AvgIpc) is 3.03. The van der Waals surface area contributed by atoms with Crippen LogP contribution >= 0.6 is 0 Å². The van der Waals surface area contributed by atoms with Crippen molar-refractivity contribution in [1.82, 2.24) is 10.6 Å². The number of hydrogen-bond donors (Lipinski definition) is 2. The zero-order chi connectivity index (χ0) is 16.8. The van der Waals surface area contributed by atoms with Crippen LogP contribution in [0.4, 0.5) is 4.79 Å². The maximum Gasteiger partial charge on any atom is 0.315 e. The first-order chi connectivity index (χ1) is 11.7. The highest BCUT2D eigenvalue weighted by molar-refractivity contribution is 5.74. The lowest BCUT2D eigenvalue weighted by atomic mass is 9.93. The molecule has 5 heteroatoms. The van der Waals surface area contributed by atoms with Crippen LogP contribution in [-0.4, -0.2) is 37.4 Å². The zero-order valence-electron chi connectivity index (χ0n) is 14.4. The van der Waals surface area contributed by atoms with E-state index in [9.17, 15) is 4.79 Å². The molecule has 1 aliphatic heterocycles. The molecule has 5 nitrogen and oxygen atoms in total. The summed E-state index contributed by atoms with van der Waals surface area (Å²) in [5, 5.41) is 6.21. The van der Waals surface area contributed by atoms with Gasteiger partial charge in [-0.25, -0.2) is 4.79 Å². The number of ether oxygens (including phenoxy) is 2. The molecule has 2 fully saturated rings. The lowest BCUT2D eigenvalue weighted by Gasteiger charge is -2.29. The third-order valence-electron chi connectivity index (χ3n) is 5.13. The van der Waals surface area contributed by atoms with Crippen LogP contribution in [0.3, 0.4) is 0 Å². The summed E-state index contributed by atoms with van der Waals surface area (Å²) in [4.78, 5) is 12.3. The van der Waals surface area contributed by atoms with Gasteiger partial charge >= 0.3 is 6.03 Å². The molecule has 1 saturated carbocycles. The fourth-order valence-corrected chi connectivity index (χ4v) is 3.66. The maximum absolute atomic E-state index is 12.3. The van der Waals surface area contributed by atoms with Crippen molar-refractivity contribution in [1.29, 1.82) is 0 Å². The molecule has 1 aliphatic carbocycles. The molecule has 2 aliphatic rings. The molecule has 1 saturated heterocycles. The van der Waals surface area contributed by atoms with Crippen LogP contribution in [0.1, 0.15) is 39.0 Å². The Bertz CT molecular complexity index is 517. The third kappa shape index (κ3) is 4.63. The van der Waals surface area contributed by atoms with Crippen molar-refractivity contribution in [3.8, 4) is 5.75 Å². The summed E-state index contributed by atoms with van der Waals surface area (Å²) < 4.78 is 11.4. The molecule has 1 heterocycles. The number of carbonyl (C=O) groups is 1. The number of urea groups is 1. The number of benzene rings is 1. The van der Waals surface area contributed by atoms with E-state index in [1.54, 1.807) is 0 Å². The second-order valence-electron chi connectivity index (χ2n) is 6.86. The van der Waals surface area contributed by atoms with E-state index in [1.807, 2.05) is 30.3 Å². The van der Waals surface area contributed by atoms with Gasteiger partial charge in [0.2, 0.25) is 0 Å². The van der Waals surface area contributed by atoms with Crippen LogP contribution in [0.15, 0.2) is 30.3 Å². The van der Waals surface area contributed by atoms with Gasteiger partial charge in [-0.05, 0) is 57.1 Å². The molecule has 2 amide bonds. The average molecular weight is 332 g/mol. The van der Waals surface area contributed by atoms with Crippen LogP contribution in [-0.2, 0) is 4.74 Å². The molecule has 3 atom stereocenters. The minimum absolute atomic E-state index is 0.0523. The normalized spacial score (nSPS) is 25.9. The number of hydrogen-bond acceptors (Lipinski definition) is 3. The molecule has 132 valence electrons. The molecular formula is C19H28N2O3. The molecule has 0 radical (unpaired) electrons. The molecule has 1 aromatic carbocycles. The summed E-state index contributed by atoms with van der Waals surface area (Å²) in [6.07, 6.45) is 5.12. The quantitative estimate of drug-likeness (QED) is 0.871. The maximum atomic E-state index is 12.3. The van der Waals surface area contributed by atoms with Crippen molar-refractivity contribution in [2.75, 3.05) is 13.2 Å². The van der Waals surface area contributed by atoms with Crippen LogP contribution in [0.5, 0.6) is 5.75 Å². The van der Waals surface area contributed by atoms with Gasteiger partial charge < -0.3 is 20.1 Å². The van der Waals surface area contributed by atoms with Gasteiger partial charge in [-0.2, -0.15) is 0 Å². The molecular weight excluding hydrogens is 304 g/mol. The van der Waals surface area contributed by atoms with Gasteiger partial charge in [-0.15, -0.1) is 0 Å². The molecule has 2 N–H and O–H groups in total. The van der Waals surface area contributed by atoms with E-state index in [0.29, 0.717) is 5.92 Å². The Morgan fingerprint density at radius 2 is 1.92 bits per heavy atom. The Hall–Kier alpha value is -1.75. The van der Waals surface area contributed by atoms with E-state index in [-0.39, 0.29) is 24.2 Å². The molecule has 24 heavy (non-hydrogen) atoms. The van der Waals surface area contributed by atoms with Gasteiger partial charge in [0.25, 0.3) is 0 Å². The Balaban J connectivity index is 1.47. The molecule has 0 unspecified atom stereocenters. The van der Waals surface area contributed by atoms with Gasteiger partial charge in [0.15, 0.2) is 0 Å². The smallest absolute Gasteiger partial charge is 0.315 e. The van der Waals surface area contributed by atoms with Crippen molar-refractivity contribution in [3.63, 3.8) is 0 Å². The summed E-state index contributed by atoms with van der Waals surface area (Å²) in [6.45, 7) is 3.68. The van der Waals surface area contributed by atoms with E-state index in [2.05, 4.69) is 17.6 Å². The third-order valence-corrected chi connectivity index (χ3v) is 5.13. The molecule has 1 aromatic rings. The standard InChI is InChI=1S/C19H28N2O3/c1-14(15-10-12-23-13-11-15)20-19(22)21-17-8-5-9-18(17)24-16-6-3-2-4-7-16/h2-4,6-7,14-15,17-18H,5,8-13H2,1H3,(H2,20,21,22)/t14-,17+,18-/m0/s1. The molecule has 0 aromatic heterocycles. The number of amides is 2. The van der Waals surface area contributed by atoms with Crippen LogP contribution < -0.4 is 15.4 Å². The molecule has 3 rings (SSSR count). The van der Waals surface area contributed by atoms with Crippen molar-refractivity contribution in [2.24, 2.45) is 5.92 Å². The number of para-hydroxylation sites is 1. The summed E-state index contributed by atoms with van der Waals surface area (Å²) in [5.74, 6) is 1.37. The summed E-state index contributed by atoms with van der Waals surface area (Å²) in [5.41, 5.74) is 0. The number of rotatable bonds is 5. The predicted molar refractivity (Wildman–Crippen MR) is 93.2 cm³/mol. The van der Waals surface area contributed by atoms with Crippen LogP contribution in [0, 0.1) is 5.92 Å². The Morgan fingerprint density at radius 3 is 2.67 bits per heavy atom. The van der Waals surface area contributed by atoms with E-state index >= 15 is 0 Å². The first-order valence-corrected chi connectivity index (χ1v) is 9.09. The van der Waals surface area contributed by atoms with Crippen LogP contribution in [0.25, 0.3) is 0 Å². The number of carbonyl (C=O) groups excluding carboxylic acids is 1. The summed E-state index contributed by atoms with van der Waals surface area (Å²) in [7, 11) is 0. The summed E-state index contributed by atoms with van der Waals surface area (Å²) in [6, 6.07) is 10.00. The first-order valence-electron chi connectivity index (χ1n) is 9.09. The van der Waals surface area contributed by atoms with Gasteiger partial charge in [-0.3, -0.25) is 0 Å². The highest BCUT2D eigenvalue weighted by Crippen LogP contribution is 2.25. The van der Waals surface area contributed by atoms with Gasteiger partial charge in [-0.1, -0.05) is 18.2 Å². The minimum atomic E-state index is -0.0810. The van der Waals surface area contributed by atoms with Gasteiger partial charge in [0.1, 0.15) is 11.9 Å². The van der Waals surface area contributed by atoms with Crippen LogP contribution in [0.2, 0.25) is 0 Å². The topological polar surface area (TPSA) is 59.6 Å². The predicted octanol–water partition coefficient (Wildman–Crippen LogP) is 3.10. The highest BCUT2D eigenvalue weighted by atomic mass is 16.5. The molecule has 0 bridgehead atoms. The monoisotopic (exact) mass is 332 g/mol. The van der Waals surface area contributed by atoms with Crippen molar-refractivity contribution >= 4 is 6.03 Å². The summed E-state index contributed by atoms with van der Waals surface area (Å²) >= 11 is 0. The fourth-order valence-electron chi connectivity index (χ4n) is 3.66. The van der Waals surface area contributed by atoms with E-state index < -0.39 is 0 Å². The van der Waals surface area contributed by atoms with Gasteiger partial charge in [0, 0.05) is 19.3 Å². The number of nitrogens with one attached hydrogen (secondary N) is 2.